The van der Waals surface area contributed by atoms with E-state index < -0.39 is 21.5 Å². The van der Waals surface area contributed by atoms with E-state index in [4.69, 9.17) is 19.6 Å². The van der Waals surface area contributed by atoms with Crippen LogP contribution in [0, 0.1) is 0 Å². The number of carbonyl (C=O) groups is 1. The molecule has 0 aliphatic carbocycles. The molecule has 0 fully saturated rings. The summed E-state index contributed by atoms with van der Waals surface area (Å²) >= 11 is 0. The monoisotopic (exact) mass is 534 g/mol. The molecule has 2 heterocycles. The quantitative estimate of drug-likeness (QED) is 0.422. The van der Waals surface area contributed by atoms with Gasteiger partial charge in [-0.2, -0.15) is 0 Å². The van der Waals surface area contributed by atoms with Gasteiger partial charge in [-0.1, -0.05) is 36.4 Å². The van der Waals surface area contributed by atoms with Gasteiger partial charge in [0.25, 0.3) is 5.91 Å². The Bertz CT molecular complexity index is 1440. The first kappa shape index (κ1) is 25.9. The number of aliphatic hydroxyl groups is 1. The smallest absolute Gasteiger partial charge is 0.259 e. The fraction of sp³-hybridized carbons (Fsp3) is 0.310. The van der Waals surface area contributed by atoms with Gasteiger partial charge in [-0.15, -0.1) is 0 Å². The second-order valence-electron chi connectivity index (χ2n) is 9.45. The fourth-order valence-electron chi connectivity index (χ4n) is 4.86. The summed E-state index contributed by atoms with van der Waals surface area (Å²) in [6, 6.07) is 23.0. The highest BCUT2D eigenvalue weighted by atomic mass is 32.2. The summed E-state index contributed by atoms with van der Waals surface area (Å²) in [7, 11) is -3.59. The van der Waals surface area contributed by atoms with Crippen LogP contribution in [-0.2, 0) is 25.8 Å². The molecule has 1 amide bonds. The molecular formula is C29H30N2O6S. The van der Waals surface area contributed by atoms with E-state index in [0.29, 0.717) is 42.3 Å². The number of amides is 1. The minimum absolute atomic E-state index is 0.00622. The van der Waals surface area contributed by atoms with Gasteiger partial charge in [0.1, 0.15) is 11.9 Å². The lowest BCUT2D eigenvalue weighted by Gasteiger charge is -2.39. The number of nitrogens with zero attached hydrogens (tertiary/aromatic N) is 2. The third kappa shape index (κ3) is 4.91. The number of carbonyl (C=O) groups excluding carboxylic acids is 1. The topological polar surface area (TPSA) is 106 Å². The highest BCUT2D eigenvalue weighted by Crippen LogP contribution is 2.41. The molecule has 1 spiro atoms. The summed E-state index contributed by atoms with van der Waals surface area (Å²) in [5, 5.41) is 8.93. The lowest BCUT2D eigenvalue weighted by molar-refractivity contribution is -0.126. The van der Waals surface area contributed by atoms with Gasteiger partial charge < -0.3 is 19.5 Å². The van der Waals surface area contributed by atoms with E-state index >= 15 is 0 Å². The number of hydrogen-bond acceptors (Lipinski definition) is 7. The number of para-hydroxylation sites is 1. The summed E-state index contributed by atoms with van der Waals surface area (Å²) in [5.74, 6) is 0.545. The molecule has 0 bridgehead atoms. The maximum Gasteiger partial charge on any atom is 0.259 e. The second-order valence-corrected chi connectivity index (χ2v) is 11.6. The van der Waals surface area contributed by atoms with Gasteiger partial charge in [-0.3, -0.25) is 4.79 Å². The predicted octanol–water partition coefficient (Wildman–Crippen LogP) is 3.42. The molecule has 2 aliphatic heterocycles. The Hall–Kier alpha value is -3.69. The number of benzene rings is 3. The highest BCUT2D eigenvalue weighted by Gasteiger charge is 2.55. The van der Waals surface area contributed by atoms with E-state index in [1.807, 2.05) is 43.3 Å². The Morgan fingerprint density at radius 1 is 1.05 bits per heavy atom. The number of anilines is 1. The van der Waals surface area contributed by atoms with Gasteiger partial charge in [0.2, 0.25) is 5.90 Å². The van der Waals surface area contributed by atoms with E-state index in [1.165, 1.54) is 0 Å². The van der Waals surface area contributed by atoms with Crippen molar-refractivity contribution in [1.29, 1.82) is 0 Å². The van der Waals surface area contributed by atoms with Crippen LogP contribution in [0.2, 0.25) is 0 Å². The third-order valence-corrected chi connectivity index (χ3v) is 8.69. The molecule has 1 N–H and O–H groups in total. The number of aliphatic imine (C=N–C) groups is 1. The van der Waals surface area contributed by atoms with Crippen molar-refractivity contribution in [3.8, 4) is 5.75 Å². The molecule has 0 saturated carbocycles. The Labute approximate surface area is 222 Å². The molecule has 9 heteroatoms. The number of aliphatic hydroxyl groups excluding tert-OH is 1. The van der Waals surface area contributed by atoms with E-state index in [2.05, 4.69) is 0 Å². The highest BCUT2D eigenvalue weighted by molar-refractivity contribution is 7.91. The standard InChI is InChI=1S/C29H30N2O6S/c1-21-29(30-27(37-21)22-12-14-24(15-13-22)36-18-7-17-32)20-23-8-5-6-11-26(23)31(28(29)33)16-19-38(34,35)25-9-3-2-4-10-25/h2-6,8-15,21,32H,7,16-20H2,1H3/t21-,29-/m0/s1. The van der Waals surface area contributed by atoms with Crippen LogP contribution >= 0.6 is 0 Å². The predicted molar refractivity (Wildman–Crippen MR) is 144 cm³/mol. The molecule has 38 heavy (non-hydrogen) atoms. The van der Waals surface area contributed by atoms with Gasteiger partial charge in [0.05, 0.1) is 17.3 Å². The fourth-order valence-corrected chi connectivity index (χ4v) is 6.09. The molecule has 3 aromatic carbocycles. The maximum atomic E-state index is 14.1. The first-order chi connectivity index (χ1) is 18.3. The van der Waals surface area contributed by atoms with Crippen LogP contribution in [0.1, 0.15) is 24.5 Å². The number of hydrogen-bond donors (Lipinski definition) is 1. The largest absolute Gasteiger partial charge is 0.494 e. The van der Waals surface area contributed by atoms with Crippen molar-refractivity contribution in [2.75, 3.05) is 30.4 Å². The Morgan fingerprint density at radius 2 is 1.76 bits per heavy atom. The van der Waals surface area contributed by atoms with E-state index in [9.17, 15) is 13.2 Å². The summed E-state index contributed by atoms with van der Waals surface area (Å²) in [4.78, 5) is 20.7. The molecule has 198 valence electrons. The van der Waals surface area contributed by atoms with Crippen molar-refractivity contribution in [3.63, 3.8) is 0 Å². The number of ether oxygens (including phenoxy) is 2. The normalized spacial score (nSPS) is 20.7. The van der Waals surface area contributed by atoms with E-state index in [0.717, 1.165) is 5.56 Å². The van der Waals surface area contributed by atoms with Crippen LogP contribution in [0.3, 0.4) is 0 Å². The molecule has 2 atom stereocenters. The van der Waals surface area contributed by atoms with E-state index in [-0.39, 0.29) is 29.7 Å². The average molecular weight is 535 g/mol. The van der Waals surface area contributed by atoms with Gasteiger partial charge >= 0.3 is 0 Å². The van der Waals surface area contributed by atoms with Crippen LogP contribution in [-0.4, -0.2) is 62.5 Å². The molecule has 3 aromatic rings. The lowest BCUT2D eigenvalue weighted by Crippen LogP contribution is -2.58. The van der Waals surface area contributed by atoms with Crippen molar-refractivity contribution in [1.82, 2.24) is 0 Å². The van der Waals surface area contributed by atoms with Crippen molar-refractivity contribution in [2.24, 2.45) is 4.99 Å². The zero-order valence-corrected chi connectivity index (χ0v) is 21.9. The van der Waals surface area contributed by atoms with Crippen LogP contribution in [0.5, 0.6) is 5.75 Å². The molecule has 0 radical (unpaired) electrons. The van der Waals surface area contributed by atoms with Crippen LogP contribution in [0.15, 0.2) is 88.8 Å². The van der Waals surface area contributed by atoms with Crippen LogP contribution in [0.4, 0.5) is 5.69 Å². The second kappa shape index (κ2) is 10.6. The molecule has 0 aromatic heterocycles. The first-order valence-corrected chi connectivity index (χ1v) is 14.3. The maximum absolute atomic E-state index is 14.1. The molecule has 5 rings (SSSR count). The summed E-state index contributed by atoms with van der Waals surface area (Å²) in [6.45, 7) is 2.31. The zero-order valence-electron chi connectivity index (χ0n) is 21.1. The molecule has 2 aliphatic rings. The van der Waals surface area contributed by atoms with Crippen LogP contribution in [0.25, 0.3) is 0 Å². The number of fused-ring (bicyclic) bond motifs is 1. The first-order valence-electron chi connectivity index (χ1n) is 12.6. The third-order valence-electron chi connectivity index (χ3n) is 6.98. The van der Waals surface area contributed by atoms with Gasteiger partial charge in [0.15, 0.2) is 15.4 Å². The van der Waals surface area contributed by atoms with Crippen molar-refractivity contribution >= 4 is 27.3 Å². The minimum atomic E-state index is -3.59. The lowest BCUT2D eigenvalue weighted by atomic mass is 9.81. The van der Waals surface area contributed by atoms with Crippen molar-refractivity contribution < 1.29 is 27.8 Å². The number of rotatable bonds is 9. The van der Waals surface area contributed by atoms with Crippen molar-refractivity contribution in [3.05, 3.63) is 90.0 Å². The molecular weight excluding hydrogens is 504 g/mol. The van der Waals surface area contributed by atoms with E-state index in [1.54, 1.807) is 47.4 Å². The van der Waals surface area contributed by atoms with Gasteiger partial charge in [-0.05, 0) is 55.0 Å². The minimum Gasteiger partial charge on any atom is -0.494 e. The SMILES string of the molecule is C[C@@H]1OC(c2ccc(OCCCO)cc2)=N[C@@]12Cc1ccccc1N(CCS(=O)(=O)c1ccccc1)C2=O. The number of sulfone groups is 1. The Balaban J connectivity index is 1.43. The summed E-state index contributed by atoms with van der Waals surface area (Å²) in [6.07, 6.45) is 0.355. The molecule has 0 saturated heterocycles. The van der Waals surface area contributed by atoms with Gasteiger partial charge in [-0.25, -0.2) is 13.4 Å². The average Bonchev–Trinajstić information content (AvgIpc) is 3.26. The molecule has 0 unspecified atom stereocenters. The van der Waals surface area contributed by atoms with Crippen molar-refractivity contribution in [2.45, 2.75) is 36.3 Å². The van der Waals surface area contributed by atoms with Crippen LogP contribution < -0.4 is 9.64 Å². The summed E-state index contributed by atoms with van der Waals surface area (Å²) in [5.41, 5.74) is 1.13. The summed E-state index contributed by atoms with van der Waals surface area (Å²) < 4.78 is 37.7. The Morgan fingerprint density at radius 3 is 2.50 bits per heavy atom. The Kier molecular flexibility index (Phi) is 7.23. The van der Waals surface area contributed by atoms with Gasteiger partial charge in [0, 0.05) is 37.2 Å². The zero-order chi connectivity index (χ0) is 26.8. The molecule has 8 nitrogen and oxygen atoms in total.